The SMILES string of the molecule is Cc1cc([C@@H]2CCCN2c2ncnc3c2cnn3-c2ccccc2)no1. The molecule has 1 aliphatic heterocycles. The summed E-state index contributed by atoms with van der Waals surface area (Å²) in [6.45, 7) is 2.85. The number of hydrogen-bond acceptors (Lipinski definition) is 6. The third kappa shape index (κ3) is 2.35. The summed E-state index contributed by atoms with van der Waals surface area (Å²) in [7, 11) is 0. The van der Waals surface area contributed by atoms with Crippen LogP contribution in [0.25, 0.3) is 16.7 Å². The molecule has 0 unspecified atom stereocenters. The number of aryl methyl sites for hydroxylation is 1. The van der Waals surface area contributed by atoms with Crippen LogP contribution in [0.2, 0.25) is 0 Å². The normalized spacial score (nSPS) is 17.3. The molecular formula is C19H18N6O. The van der Waals surface area contributed by atoms with Gasteiger partial charge in [-0.05, 0) is 31.9 Å². The maximum Gasteiger partial charge on any atom is 0.168 e. The van der Waals surface area contributed by atoms with Crippen LogP contribution in [-0.4, -0.2) is 31.4 Å². The van der Waals surface area contributed by atoms with Gasteiger partial charge < -0.3 is 9.42 Å². The van der Waals surface area contributed by atoms with Crippen molar-refractivity contribution >= 4 is 16.9 Å². The average Bonchev–Trinajstić information content (AvgIpc) is 3.41. The zero-order chi connectivity index (χ0) is 17.5. The molecule has 0 saturated carbocycles. The molecule has 1 fully saturated rings. The topological polar surface area (TPSA) is 72.9 Å². The fourth-order valence-corrected chi connectivity index (χ4v) is 3.69. The van der Waals surface area contributed by atoms with Gasteiger partial charge in [-0.25, -0.2) is 14.6 Å². The zero-order valence-electron chi connectivity index (χ0n) is 14.4. The summed E-state index contributed by atoms with van der Waals surface area (Å²) in [6.07, 6.45) is 5.59. The summed E-state index contributed by atoms with van der Waals surface area (Å²) < 4.78 is 7.14. The van der Waals surface area contributed by atoms with E-state index < -0.39 is 0 Å². The molecule has 5 rings (SSSR count). The first-order chi connectivity index (χ1) is 12.8. The van der Waals surface area contributed by atoms with Crippen molar-refractivity contribution < 1.29 is 4.52 Å². The molecule has 1 atom stereocenters. The predicted octanol–water partition coefficient (Wildman–Crippen LogP) is 3.45. The molecule has 0 bridgehead atoms. The summed E-state index contributed by atoms with van der Waals surface area (Å²) in [5.41, 5.74) is 2.75. The number of benzene rings is 1. The fourth-order valence-electron chi connectivity index (χ4n) is 3.69. The van der Waals surface area contributed by atoms with Gasteiger partial charge in [-0.15, -0.1) is 0 Å². The lowest BCUT2D eigenvalue weighted by atomic mass is 10.1. The van der Waals surface area contributed by atoms with Gasteiger partial charge in [0.1, 0.15) is 23.6 Å². The molecule has 0 radical (unpaired) electrons. The Hall–Kier alpha value is -3.22. The first-order valence-corrected chi connectivity index (χ1v) is 8.75. The van der Waals surface area contributed by atoms with Crippen LogP contribution in [0.4, 0.5) is 5.82 Å². The van der Waals surface area contributed by atoms with Crippen LogP contribution in [0.15, 0.2) is 53.4 Å². The number of nitrogens with zero attached hydrogens (tertiary/aromatic N) is 6. The smallest absolute Gasteiger partial charge is 0.168 e. The summed E-state index contributed by atoms with van der Waals surface area (Å²) >= 11 is 0. The van der Waals surface area contributed by atoms with Crippen molar-refractivity contribution in [3.63, 3.8) is 0 Å². The number of rotatable bonds is 3. The van der Waals surface area contributed by atoms with Crippen molar-refractivity contribution in [2.24, 2.45) is 0 Å². The molecule has 130 valence electrons. The van der Waals surface area contributed by atoms with Gasteiger partial charge in [-0.3, -0.25) is 0 Å². The van der Waals surface area contributed by atoms with Crippen LogP contribution in [0.3, 0.4) is 0 Å². The minimum absolute atomic E-state index is 0.172. The van der Waals surface area contributed by atoms with E-state index in [-0.39, 0.29) is 6.04 Å². The van der Waals surface area contributed by atoms with E-state index in [9.17, 15) is 0 Å². The quantitative estimate of drug-likeness (QED) is 0.566. The minimum Gasteiger partial charge on any atom is -0.361 e. The number of fused-ring (bicyclic) bond motifs is 1. The third-order valence-corrected chi connectivity index (χ3v) is 4.86. The second-order valence-corrected chi connectivity index (χ2v) is 6.54. The largest absolute Gasteiger partial charge is 0.361 e. The standard InChI is InChI=1S/C19H18N6O/c1-13-10-16(23-26-13)17-8-5-9-24(17)18-15-11-22-25(19(15)21-12-20-18)14-6-3-2-4-7-14/h2-4,6-7,10-12,17H,5,8-9H2,1H3/t17-/m0/s1. The molecular weight excluding hydrogens is 328 g/mol. The lowest BCUT2D eigenvalue weighted by Crippen LogP contribution is -2.24. The Morgan fingerprint density at radius 2 is 2.04 bits per heavy atom. The molecule has 1 aromatic carbocycles. The number of anilines is 1. The monoisotopic (exact) mass is 346 g/mol. The maximum atomic E-state index is 5.28. The van der Waals surface area contributed by atoms with Gasteiger partial charge in [-0.2, -0.15) is 5.10 Å². The van der Waals surface area contributed by atoms with Crippen molar-refractivity contribution in [3.8, 4) is 5.69 Å². The Kier molecular flexibility index (Phi) is 3.44. The van der Waals surface area contributed by atoms with E-state index in [4.69, 9.17) is 4.52 Å². The fraction of sp³-hybridized carbons (Fsp3) is 0.263. The number of para-hydroxylation sites is 1. The summed E-state index contributed by atoms with van der Waals surface area (Å²) in [5, 5.41) is 9.73. The van der Waals surface area contributed by atoms with Crippen LogP contribution in [0, 0.1) is 6.92 Å². The van der Waals surface area contributed by atoms with Crippen molar-refractivity contribution in [1.29, 1.82) is 0 Å². The van der Waals surface area contributed by atoms with Crippen LogP contribution >= 0.6 is 0 Å². The highest BCUT2D eigenvalue weighted by Crippen LogP contribution is 2.37. The van der Waals surface area contributed by atoms with Gasteiger partial charge in [0, 0.05) is 12.6 Å². The van der Waals surface area contributed by atoms with E-state index >= 15 is 0 Å². The highest BCUT2D eigenvalue weighted by Gasteiger charge is 2.31. The zero-order valence-corrected chi connectivity index (χ0v) is 14.4. The molecule has 3 aromatic heterocycles. The van der Waals surface area contributed by atoms with E-state index in [2.05, 4.69) is 25.1 Å². The Labute approximate surface area is 150 Å². The molecule has 7 heteroatoms. The van der Waals surface area contributed by atoms with Gasteiger partial charge in [0.25, 0.3) is 0 Å². The van der Waals surface area contributed by atoms with E-state index in [1.54, 1.807) is 6.33 Å². The lowest BCUT2D eigenvalue weighted by molar-refractivity contribution is 0.385. The van der Waals surface area contributed by atoms with Gasteiger partial charge in [0.15, 0.2) is 5.65 Å². The van der Waals surface area contributed by atoms with E-state index in [1.807, 2.05) is 54.2 Å². The van der Waals surface area contributed by atoms with Gasteiger partial charge in [0.2, 0.25) is 0 Å². The molecule has 0 aliphatic carbocycles. The minimum atomic E-state index is 0.172. The van der Waals surface area contributed by atoms with E-state index in [1.165, 1.54) is 0 Å². The van der Waals surface area contributed by atoms with Crippen molar-refractivity contribution in [1.82, 2.24) is 24.9 Å². The second kappa shape index (κ2) is 5.94. The van der Waals surface area contributed by atoms with Crippen LogP contribution in [0.5, 0.6) is 0 Å². The maximum absolute atomic E-state index is 5.28. The summed E-state index contributed by atoms with van der Waals surface area (Å²) in [5.74, 6) is 1.73. The van der Waals surface area contributed by atoms with Crippen LogP contribution in [0.1, 0.15) is 30.3 Å². The molecule has 0 N–H and O–H groups in total. The highest BCUT2D eigenvalue weighted by molar-refractivity contribution is 5.88. The molecule has 4 heterocycles. The molecule has 26 heavy (non-hydrogen) atoms. The molecule has 1 saturated heterocycles. The second-order valence-electron chi connectivity index (χ2n) is 6.54. The summed E-state index contributed by atoms with van der Waals surface area (Å²) in [6, 6.07) is 12.2. The van der Waals surface area contributed by atoms with Crippen molar-refractivity contribution in [2.75, 3.05) is 11.4 Å². The number of aromatic nitrogens is 5. The number of hydrogen-bond donors (Lipinski definition) is 0. The van der Waals surface area contributed by atoms with Crippen molar-refractivity contribution in [2.45, 2.75) is 25.8 Å². The van der Waals surface area contributed by atoms with Gasteiger partial charge in [0.05, 0.1) is 23.3 Å². The lowest BCUT2D eigenvalue weighted by Gasteiger charge is -2.24. The average molecular weight is 346 g/mol. The first kappa shape index (κ1) is 15.1. The summed E-state index contributed by atoms with van der Waals surface area (Å²) in [4.78, 5) is 11.4. The van der Waals surface area contributed by atoms with Gasteiger partial charge >= 0.3 is 0 Å². The van der Waals surface area contributed by atoms with Crippen LogP contribution in [-0.2, 0) is 0 Å². The molecule has 0 spiro atoms. The molecule has 4 aromatic rings. The predicted molar refractivity (Wildman–Crippen MR) is 97.2 cm³/mol. The molecule has 7 nitrogen and oxygen atoms in total. The van der Waals surface area contributed by atoms with Crippen LogP contribution < -0.4 is 4.90 Å². The molecule has 0 amide bonds. The van der Waals surface area contributed by atoms with E-state index in [0.717, 1.165) is 53.4 Å². The van der Waals surface area contributed by atoms with Crippen molar-refractivity contribution in [3.05, 3.63) is 60.4 Å². The van der Waals surface area contributed by atoms with E-state index in [0.29, 0.717) is 0 Å². The van der Waals surface area contributed by atoms with Gasteiger partial charge in [-0.1, -0.05) is 23.4 Å². The Morgan fingerprint density at radius 3 is 2.85 bits per heavy atom. The third-order valence-electron chi connectivity index (χ3n) is 4.86. The highest BCUT2D eigenvalue weighted by atomic mass is 16.5. The Balaban J connectivity index is 1.60. The Bertz CT molecular complexity index is 1050. The Morgan fingerprint density at radius 1 is 1.15 bits per heavy atom. The first-order valence-electron chi connectivity index (χ1n) is 8.75. The molecule has 1 aliphatic rings.